The summed E-state index contributed by atoms with van der Waals surface area (Å²) in [4.78, 5) is 11.4. The third-order valence-electron chi connectivity index (χ3n) is 2.38. The van der Waals surface area contributed by atoms with Gasteiger partial charge in [0.15, 0.2) is 0 Å². The largest absolute Gasteiger partial charge is 0.444 e. The molecular formula is C11H18N2O2. The summed E-state index contributed by atoms with van der Waals surface area (Å²) in [6.45, 7) is 5.47. The first kappa shape index (κ1) is 11.8. The predicted molar refractivity (Wildman–Crippen MR) is 56.1 cm³/mol. The number of carbonyl (C=O) groups is 1. The number of amides is 1. The van der Waals surface area contributed by atoms with Crippen molar-refractivity contribution in [1.82, 2.24) is 5.32 Å². The Hall–Kier alpha value is -1.24. The summed E-state index contributed by atoms with van der Waals surface area (Å²) in [5.74, 6) is -0.0579. The van der Waals surface area contributed by atoms with E-state index >= 15 is 0 Å². The van der Waals surface area contributed by atoms with Gasteiger partial charge in [-0.1, -0.05) is 0 Å². The monoisotopic (exact) mass is 210 g/mol. The highest BCUT2D eigenvalue weighted by atomic mass is 16.6. The van der Waals surface area contributed by atoms with Crippen LogP contribution in [-0.2, 0) is 4.74 Å². The number of hydrogen-bond acceptors (Lipinski definition) is 3. The van der Waals surface area contributed by atoms with Crippen LogP contribution in [0.15, 0.2) is 0 Å². The predicted octanol–water partition coefficient (Wildman–Crippen LogP) is 2.20. The van der Waals surface area contributed by atoms with E-state index in [1.54, 1.807) is 0 Å². The molecule has 2 atom stereocenters. The molecule has 15 heavy (non-hydrogen) atoms. The molecule has 1 rings (SSSR count). The molecule has 84 valence electrons. The van der Waals surface area contributed by atoms with Gasteiger partial charge in [-0.15, -0.1) is 0 Å². The lowest BCUT2D eigenvalue weighted by Crippen LogP contribution is -2.40. The molecule has 0 aromatic rings. The summed E-state index contributed by atoms with van der Waals surface area (Å²) >= 11 is 0. The average Bonchev–Trinajstić information content (AvgIpc) is 2.48. The minimum atomic E-state index is -0.481. The second-order valence-corrected chi connectivity index (χ2v) is 4.92. The molecule has 0 heterocycles. The van der Waals surface area contributed by atoms with E-state index in [1.807, 2.05) is 20.8 Å². The van der Waals surface area contributed by atoms with E-state index in [2.05, 4.69) is 11.4 Å². The SMILES string of the molecule is CC(C)(C)OC(=O)N[C@@H]1CCC[C@@H]1C#N. The molecule has 0 spiro atoms. The van der Waals surface area contributed by atoms with Gasteiger partial charge >= 0.3 is 6.09 Å². The van der Waals surface area contributed by atoms with E-state index in [4.69, 9.17) is 10.00 Å². The lowest BCUT2D eigenvalue weighted by molar-refractivity contribution is 0.0499. The summed E-state index contributed by atoms with van der Waals surface area (Å²) in [7, 11) is 0. The molecule has 1 fully saturated rings. The second-order valence-electron chi connectivity index (χ2n) is 4.92. The van der Waals surface area contributed by atoms with Gasteiger partial charge in [0.2, 0.25) is 0 Å². The zero-order valence-electron chi connectivity index (χ0n) is 9.54. The number of nitrogens with zero attached hydrogens (tertiary/aromatic N) is 1. The molecule has 1 saturated carbocycles. The Kier molecular flexibility index (Phi) is 3.57. The van der Waals surface area contributed by atoms with Crippen LogP contribution in [0.25, 0.3) is 0 Å². The molecule has 1 amide bonds. The Morgan fingerprint density at radius 2 is 2.13 bits per heavy atom. The van der Waals surface area contributed by atoms with Gasteiger partial charge in [0.05, 0.1) is 12.0 Å². The summed E-state index contributed by atoms with van der Waals surface area (Å²) in [5.41, 5.74) is -0.481. The first-order valence-corrected chi connectivity index (χ1v) is 5.31. The van der Waals surface area contributed by atoms with Crippen LogP contribution < -0.4 is 5.32 Å². The molecule has 0 aliphatic heterocycles. The Morgan fingerprint density at radius 3 is 2.67 bits per heavy atom. The highest BCUT2D eigenvalue weighted by molar-refractivity contribution is 5.68. The average molecular weight is 210 g/mol. The zero-order valence-corrected chi connectivity index (χ0v) is 9.54. The van der Waals surface area contributed by atoms with Crippen LogP contribution in [-0.4, -0.2) is 17.7 Å². The van der Waals surface area contributed by atoms with Gasteiger partial charge in [-0.05, 0) is 40.0 Å². The molecule has 1 aliphatic rings. The van der Waals surface area contributed by atoms with E-state index in [0.29, 0.717) is 0 Å². The van der Waals surface area contributed by atoms with Gasteiger partial charge < -0.3 is 10.1 Å². The standard InChI is InChI=1S/C11H18N2O2/c1-11(2,3)15-10(14)13-9-6-4-5-8(9)7-12/h8-9H,4-6H2,1-3H3,(H,13,14)/t8-,9-/m1/s1. The van der Waals surface area contributed by atoms with Gasteiger partial charge in [-0.2, -0.15) is 5.26 Å². The van der Waals surface area contributed by atoms with Crippen LogP contribution in [0, 0.1) is 17.2 Å². The van der Waals surface area contributed by atoms with E-state index in [0.717, 1.165) is 19.3 Å². The maximum absolute atomic E-state index is 11.4. The first-order chi connectivity index (χ1) is 6.92. The highest BCUT2D eigenvalue weighted by Crippen LogP contribution is 2.25. The van der Waals surface area contributed by atoms with E-state index in [9.17, 15) is 4.79 Å². The maximum atomic E-state index is 11.4. The molecule has 0 radical (unpaired) electrons. The molecule has 0 aromatic heterocycles. The van der Waals surface area contributed by atoms with Gasteiger partial charge in [0, 0.05) is 6.04 Å². The van der Waals surface area contributed by atoms with E-state index in [-0.39, 0.29) is 12.0 Å². The van der Waals surface area contributed by atoms with Crippen LogP contribution in [0.4, 0.5) is 4.79 Å². The molecule has 0 aromatic carbocycles. The van der Waals surface area contributed by atoms with E-state index < -0.39 is 11.7 Å². The number of rotatable bonds is 1. The van der Waals surface area contributed by atoms with E-state index in [1.165, 1.54) is 0 Å². The number of ether oxygens (including phenoxy) is 1. The molecule has 0 bridgehead atoms. The molecule has 0 unspecified atom stereocenters. The molecule has 1 aliphatic carbocycles. The number of carbonyl (C=O) groups excluding carboxylic acids is 1. The van der Waals surface area contributed by atoms with Crippen LogP contribution in [0.1, 0.15) is 40.0 Å². The molecule has 1 N–H and O–H groups in total. The lowest BCUT2D eigenvalue weighted by Gasteiger charge is -2.22. The number of nitriles is 1. The highest BCUT2D eigenvalue weighted by Gasteiger charge is 2.29. The van der Waals surface area contributed by atoms with Crippen molar-refractivity contribution in [3.63, 3.8) is 0 Å². The Labute approximate surface area is 90.6 Å². The number of nitrogens with one attached hydrogen (secondary N) is 1. The van der Waals surface area contributed by atoms with Crippen LogP contribution in [0.5, 0.6) is 0 Å². The third kappa shape index (κ3) is 3.78. The molecule has 4 nitrogen and oxygen atoms in total. The minimum Gasteiger partial charge on any atom is -0.444 e. The lowest BCUT2D eigenvalue weighted by atomic mass is 10.1. The van der Waals surface area contributed by atoms with Gasteiger partial charge in [0.1, 0.15) is 5.60 Å². The van der Waals surface area contributed by atoms with Crippen molar-refractivity contribution in [2.45, 2.75) is 51.7 Å². The summed E-state index contributed by atoms with van der Waals surface area (Å²) in [6, 6.07) is 2.17. The molecular weight excluding hydrogens is 192 g/mol. The Bertz CT molecular complexity index is 275. The van der Waals surface area contributed by atoms with Crippen molar-refractivity contribution in [2.24, 2.45) is 5.92 Å². The summed E-state index contributed by atoms with van der Waals surface area (Å²) in [5, 5.41) is 11.6. The number of hydrogen-bond donors (Lipinski definition) is 1. The fourth-order valence-electron chi connectivity index (χ4n) is 1.75. The Morgan fingerprint density at radius 1 is 1.47 bits per heavy atom. The van der Waals surface area contributed by atoms with Crippen molar-refractivity contribution < 1.29 is 9.53 Å². The topological polar surface area (TPSA) is 62.1 Å². The third-order valence-corrected chi connectivity index (χ3v) is 2.38. The zero-order chi connectivity index (χ0) is 11.5. The maximum Gasteiger partial charge on any atom is 0.407 e. The number of alkyl carbamates (subject to hydrolysis) is 1. The summed E-state index contributed by atoms with van der Waals surface area (Å²) in [6.07, 6.45) is 2.32. The van der Waals surface area contributed by atoms with Crippen molar-refractivity contribution in [3.05, 3.63) is 0 Å². The van der Waals surface area contributed by atoms with Crippen molar-refractivity contribution in [3.8, 4) is 6.07 Å². The fraction of sp³-hybridized carbons (Fsp3) is 0.818. The quantitative estimate of drug-likeness (QED) is 0.721. The van der Waals surface area contributed by atoms with Gasteiger partial charge in [-0.25, -0.2) is 4.79 Å². The minimum absolute atomic E-state index is 0.0372. The summed E-state index contributed by atoms with van der Waals surface area (Å²) < 4.78 is 5.13. The second kappa shape index (κ2) is 4.52. The van der Waals surface area contributed by atoms with Crippen LogP contribution >= 0.6 is 0 Å². The van der Waals surface area contributed by atoms with Crippen LogP contribution in [0.2, 0.25) is 0 Å². The first-order valence-electron chi connectivity index (χ1n) is 5.31. The smallest absolute Gasteiger partial charge is 0.407 e. The van der Waals surface area contributed by atoms with Gasteiger partial charge in [0.25, 0.3) is 0 Å². The Balaban J connectivity index is 2.42. The van der Waals surface area contributed by atoms with Crippen LogP contribution in [0.3, 0.4) is 0 Å². The van der Waals surface area contributed by atoms with Crippen molar-refractivity contribution >= 4 is 6.09 Å². The fourth-order valence-corrected chi connectivity index (χ4v) is 1.75. The van der Waals surface area contributed by atoms with Crippen molar-refractivity contribution in [2.75, 3.05) is 0 Å². The normalized spacial score (nSPS) is 25.7. The molecule has 4 heteroatoms. The van der Waals surface area contributed by atoms with Gasteiger partial charge in [-0.3, -0.25) is 0 Å². The van der Waals surface area contributed by atoms with Crippen molar-refractivity contribution in [1.29, 1.82) is 5.26 Å². The molecule has 0 saturated heterocycles.